The van der Waals surface area contributed by atoms with E-state index in [2.05, 4.69) is 45.8 Å². The molecule has 132 valence electrons. The second-order valence-electron chi connectivity index (χ2n) is 7.16. The van der Waals surface area contributed by atoms with E-state index in [0.717, 1.165) is 36.5 Å². The minimum Gasteiger partial charge on any atom is -0.356 e. The van der Waals surface area contributed by atoms with Crippen LogP contribution >= 0.6 is 11.6 Å². The lowest BCUT2D eigenvalue weighted by molar-refractivity contribution is 0.122. The molecule has 3 rings (SSSR count). The van der Waals surface area contributed by atoms with Gasteiger partial charge in [-0.1, -0.05) is 23.7 Å². The van der Waals surface area contributed by atoms with Crippen LogP contribution in [0, 0.1) is 11.8 Å². The molecule has 1 aliphatic carbocycles. The smallest absolute Gasteiger partial charge is 0.190 e. The Kier molecular flexibility index (Phi) is 6.01. The number of guanidine groups is 1. The molecule has 0 aromatic heterocycles. The fourth-order valence-electron chi connectivity index (χ4n) is 3.70. The number of piperidine rings is 1. The van der Waals surface area contributed by atoms with E-state index in [1.807, 2.05) is 13.1 Å². The summed E-state index contributed by atoms with van der Waals surface area (Å²) in [5, 5.41) is 7.81. The van der Waals surface area contributed by atoms with Crippen LogP contribution in [0.25, 0.3) is 0 Å². The highest BCUT2D eigenvalue weighted by molar-refractivity contribution is 6.30. The second kappa shape index (κ2) is 8.21. The van der Waals surface area contributed by atoms with Crippen molar-refractivity contribution in [1.82, 2.24) is 15.5 Å². The molecule has 4 nitrogen and oxygen atoms in total. The lowest BCUT2D eigenvalue weighted by atomic mass is 9.85. The molecule has 24 heavy (non-hydrogen) atoms. The summed E-state index contributed by atoms with van der Waals surface area (Å²) < 4.78 is 0. The zero-order valence-corrected chi connectivity index (χ0v) is 15.5. The third kappa shape index (κ3) is 4.64. The van der Waals surface area contributed by atoms with Crippen LogP contribution < -0.4 is 10.6 Å². The van der Waals surface area contributed by atoms with Crippen molar-refractivity contribution in [2.24, 2.45) is 16.8 Å². The van der Waals surface area contributed by atoms with E-state index in [0.29, 0.717) is 12.0 Å². The Morgan fingerprint density at radius 2 is 2.04 bits per heavy atom. The molecule has 2 atom stereocenters. The molecule has 1 aromatic carbocycles. The average molecular weight is 349 g/mol. The number of hydrogen-bond donors (Lipinski definition) is 2. The molecule has 2 N–H and O–H groups in total. The molecular weight excluding hydrogens is 320 g/mol. The zero-order chi connectivity index (χ0) is 16.9. The van der Waals surface area contributed by atoms with Crippen LogP contribution in [0.1, 0.15) is 37.3 Å². The van der Waals surface area contributed by atoms with Gasteiger partial charge in [0.05, 0.1) is 0 Å². The van der Waals surface area contributed by atoms with Crippen LogP contribution in [-0.4, -0.2) is 44.6 Å². The van der Waals surface area contributed by atoms with Crippen LogP contribution in [0.3, 0.4) is 0 Å². The van der Waals surface area contributed by atoms with Gasteiger partial charge in [0, 0.05) is 31.2 Å². The lowest BCUT2D eigenvalue weighted by Gasteiger charge is -2.40. The first-order valence-electron chi connectivity index (χ1n) is 9.07. The number of hydrogen-bond acceptors (Lipinski definition) is 2. The first-order chi connectivity index (χ1) is 11.7. The van der Waals surface area contributed by atoms with Crippen molar-refractivity contribution in [2.45, 2.75) is 31.7 Å². The number of rotatable bonds is 5. The minimum atomic E-state index is 0.409. The van der Waals surface area contributed by atoms with E-state index >= 15 is 0 Å². The van der Waals surface area contributed by atoms with E-state index in [4.69, 9.17) is 11.6 Å². The van der Waals surface area contributed by atoms with Crippen molar-refractivity contribution < 1.29 is 0 Å². The van der Waals surface area contributed by atoms with Gasteiger partial charge in [0.15, 0.2) is 5.96 Å². The molecule has 1 saturated carbocycles. The van der Waals surface area contributed by atoms with Gasteiger partial charge in [0.1, 0.15) is 0 Å². The van der Waals surface area contributed by atoms with Crippen molar-refractivity contribution in [2.75, 3.05) is 33.7 Å². The Hall–Kier alpha value is -1.26. The molecule has 5 heteroatoms. The monoisotopic (exact) mass is 348 g/mol. The zero-order valence-electron chi connectivity index (χ0n) is 14.8. The first-order valence-corrected chi connectivity index (χ1v) is 9.45. The number of nitrogens with zero attached hydrogens (tertiary/aromatic N) is 2. The molecule has 0 radical (unpaired) electrons. The average Bonchev–Trinajstić information content (AvgIpc) is 3.39. The maximum atomic E-state index is 6.22. The molecule has 2 fully saturated rings. The highest BCUT2D eigenvalue weighted by Gasteiger charge is 2.30. The van der Waals surface area contributed by atoms with Gasteiger partial charge in [0.25, 0.3) is 0 Å². The van der Waals surface area contributed by atoms with Gasteiger partial charge in [-0.15, -0.1) is 0 Å². The van der Waals surface area contributed by atoms with E-state index < -0.39 is 0 Å². The lowest BCUT2D eigenvalue weighted by Crippen LogP contribution is -2.45. The molecule has 2 unspecified atom stereocenters. The van der Waals surface area contributed by atoms with Gasteiger partial charge >= 0.3 is 0 Å². The molecule has 1 aromatic rings. The quantitative estimate of drug-likeness (QED) is 0.633. The summed E-state index contributed by atoms with van der Waals surface area (Å²) in [6.45, 7) is 3.12. The van der Waals surface area contributed by atoms with Crippen LogP contribution in [-0.2, 0) is 0 Å². The molecule has 1 saturated heterocycles. The summed E-state index contributed by atoms with van der Waals surface area (Å²) in [5.74, 6) is 2.34. The second-order valence-corrected chi connectivity index (χ2v) is 7.60. The van der Waals surface area contributed by atoms with Gasteiger partial charge in [-0.3, -0.25) is 9.89 Å². The molecule has 1 aliphatic heterocycles. The number of likely N-dealkylation sites (tertiary alicyclic amines) is 1. The normalized spacial score (nSPS) is 25.5. The summed E-state index contributed by atoms with van der Waals surface area (Å²) in [6.07, 6.45) is 5.19. The van der Waals surface area contributed by atoms with Gasteiger partial charge in [-0.2, -0.15) is 0 Å². The number of aliphatic imine (C=N–C) groups is 1. The van der Waals surface area contributed by atoms with Crippen molar-refractivity contribution in [3.8, 4) is 0 Å². The summed E-state index contributed by atoms with van der Waals surface area (Å²) in [4.78, 5) is 6.82. The fourth-order valence-corrected chi connectivity index (χ4v) is 3.90. The SMILES string of the molecule is CN=C(NCC1CC1)NCC1CCCN(C)C1c1cccc(Cl)c1. The molecule has 2 aliphatic rings. The summed E-state index contributed by atoms with van der Waals surface area (Å²) in [7, 11) is 4.07. The number of nitrogens with one attached hydrogen (secondary N) is 2. The minimum absolute atomic E-state index is 0.409. The molecular formula is C19H29ClN4. The Balaban J connectivity index is 1.62. The first kappa shape index (κ1) is 17.6. The van der Waals surface area contributed by atoms with Gasteiger partial charge in [-0.05, 0) is 68.8 Å². The Labute approximate surface area is 150 Å². The summed E-state index contributed by atoms with van der Waals surface area (Å²) in [5.41, 5.74) is 1.32. The van der Waals surface area contributed by atoms with Crippen LogP contribution in [0.15, 0.2) is 29.3 Å². The fraction of sp³-hybridized carbons (Fsp3) is 0.632. The van der Waals surface area contributed by atoms with E-state index in [1.54, 1.807) is 0 Å². The highest BCUT2D eigenvalue weighted by atomic mass is 35.5. The highest BCUT2D eigenvalue weighted by Crippen LogP contribution is 2.35. The van der Waals surface area contributed by atoms with E-state index in [1.165, 1.54) is 31.2 Å². The Morgan fingerprint density at radius 1 is 1.25 bits per heavy atom. The van der Waals surface area contributed by atoms with E-state index in [-0.39, 0.29) is 0 Å². The summed E-state index contributed by atoms with van der Waals surface area (Å²) in [6, 6.07) is 8.73. The maximum absolute atomic E-state index is 6.22. The molecule has 0 bridgehead atoms. The molecule has 0 spiro atoms. The topological polar surface area (TPSA) is 39.7 Å². The van der Waals surface area contributed by atoms with Gasteiger partial charge in [0.2, 0.25) is 0 Å². The maximum Gasteiger partial charge on any atom is 0.190 e. The Bertz CT molecular complexity index is 570. The molecule has 0 amide bonds. The largest absolute Gasteiger partial charge is 0.356 e. The van der Waals surface area contributed by atoms with Crippen molar-refractivity contribution in [3.05, 3.63) is 34.9 Å². The standard InChI is InChI=1S/C19H29ClN4/c1-21-19(22-12-14-8-9-14)23-13-16-6-4-10-24(2)18(16)15-5-3-7-17(20)11-15/h3,5,7,11,14,16,18H,4,6,8-10,12-13H2,1-2H3,(H2,21,22,23). The number of benzene rings is 1. The van der Waals surface area contributed by atoms with Crippen LogP contribution in [0.4, 0.5) is 0 Å². The summed E-state index contributed by atoms with van der Waals surface area (Å²) >= 11 is 6.22. The van der Waals surface area contributed by atoms with Crippen LogP contribution in [0.2, 0.25) is 5.02 Å². The van der Waals surface area contributed by atoms with Crippen molar-refractivity contribution in [1.29, 1.82) is 0 Å². The van der Waals surface area contributed by atoms with Crippen molar-refractivity contribution >= 4 is 17.6 Å². The third-order valence-corrected chi connectivity index (χ3v) is 5.44. The predicted octanol–water partition coefficient (Wildman–Crippen LogP) is 3.30. The van der Waals surface area contributed by atoms with Gasteiger partial charge < -0.3 is 10.6 Å². The predicted molar refractivity (Wildman–Crippen MR) is 102 cm³/mol. The van der Waals surface area contributed by atoms with Gasteiger partial charge in [-0.25, -0.2) is 0 Å². The molecule has 1 heterocycles. The van der Waals surface area contributed by atoms with Crippen molar-refractivity contribution in [3.63, 3.8) is 0 Å². The third-order valence-electron chi connectivity index (χ3n) is 5.21. The van der Waals surface area contributed by atoms with Crippen LogP contribution in [0.5, 0.6) is 0 Å². The van der Waals surface area contributed by atoms with E-state index in [9.17, 15) is 0 Å². The Morgan fingerprint density at radius 3 is 2.75 bits per heavy atom. The number of halogens is 1.